The second-order valence-electron chi connectivity index (χ2n) is 6.35. The summed E-state index contributed by atoms with van der Waals surface area (Å²) in [6.45, 7) is 5.47. The minimum atomic E-state index is -0.540. The van der Waals surface area contributed by atoms with Crippen LogP contribution in [0.5, 0.6) is 0 Å². The van der Waals surface area contributed by atoms with Gasteiger partial charge in [-0.1, -0.05) is 18.2 Å². The summed E-state index contributed by atoms with van der Waals surface area (Å²) in [5.41, 5.74) is 1.49. The van der Waals surface area contributed by atoms with Gasteiger partial charge in [-0.15, -0.1) is 0 Å². The van der Waals surface area contributed by atoms with Crippen LogP contribution < -0.4 is 4.90 Å². The SMILES string of the molecule is CN(C(=O)OC(C)(C)C)c1ccc(/C=C/c2cccnc2F)cc1. The molecule has 0 aliphatic rings. The van der Waals surface area contributed by atoms with Crippen LogP contribution in [0.4, 0.5) is 14.9 Å². The first-order valence-electron chi connectivity index (χ1n) is 7.61. The molecule has 0 saturated heterocycles. The van der Waals surface area contributed by atoms with Gasteiger partial charge in [-0.25, -0.2) is 9.78 Å². The van der Waals surface area contributed by atoms with Crippen LogP contribution in [-0.4, -0.2) is 23.7 Å². The highest BCUT2D eigenvalue weighted by Crippen LogP contribution is 2.19. The number of hydrogen-bond donors (Lipinski definition) is 0. The quantitative estimate of drug-likeness (QED) is 0.763. The van der Waals surface area contributed by atoms with Gasteiger partial charge in [0.2, 0.25) is 5.95 Å². The van der Waals surface area contributed by atoms with E-state index < -0.39 is 17.6 Å². The van der Waals surface area contributed by atoms with E-state index in [0.29, 0.717) is 11.3 Å². The fourth-order valence-corrected chi connectivity index (χ4v) is 1.95. The van der Waals surface area contributed by atoms with E-state index in [9.17, 15) is 9.18 Å². The molecular formula is C19H21FN2O2. The van der Waals surface area contributed by atoms with Crippen LogP contribution >= 0.6 is 0 Å². The van der Waals surface area contributed by atoms with Crippen LogP contribution in [0, 0.1) is 5.95 Å². The fraction of sp³-hybridized carbons (Fsp3) is 0.263. The van der Waals surface area contributed by atoms with Crippen molar-refractivity contribution in [2.45, 2.75) is 26.4 Å². The average Bonchev–Trinajstić information content (AvgIpc) is 2.52. The van der Waals surface area contributed by atoms with Gasteiger partial charge >= 0.3 is 6.09 Å². The lowest BCUT2D eigenvalue weighted by Crippen LogP contribution is -2.34. The standard InChI is InChI=1S/C19H21FN2O2/c1-19(2,3)24-18(23)22(4)16-11-8-14(9-12-16)7-10-15-6-5-13-21-17(15)20/h5-13H,1-4H3/b10-7+. The zero-order valence-corrected chi connectivity index (χ0v) is 14.3. The Balaban J connectivity index is 2.08. The smallest absolute Gasteiger partial charge is 0.414 e. The Hall–Kier alpha value is -2.69. The number of carbonyl (C=O) groups is 1. The maximum Gasteiger partial charge on any atom is 0.414 e. The molecule has 0 radical (unpaired) electrons. The number of halogens is 1. The fourth-order valence-electron chi connectivity index (χ4n) is 1.95. The number of ether oxygens (including phenoxy) is 1. The monoisotopic (exact) mass is 328 g/mol. The molecule has 0 atom stereocenters. The number of rotatable bonds is 3. The molecule has 2 rings (SSSR count). The van der Waals surface area contributed by atoms with Crippen molar-refractivity contribution in [3.63, 3.8) is 0 Å². The molecule has 126 valence electrons. The topological polar surface area (TPSA) is 42.4 Å². The molecule has 4 nitrogen and oxygen atoms in total. The molecule has 0 bridgehead atoms. The van der Waals surface area contributed by atoms with E-state index in [4.69, 9.17) is 4.74 Å². The predicted molar refractivity (Wildman–Crippen MR) is 94.2 cm³/mol. The van der Waals surface area contributed by atoms with Crippen molar-refractivity contribution in [1.82, 2.24) is 4.98 Å². The van der Waals surface area contributed by atoms with Crippen LogP contribution in [0.1, 0.15) is 31.9 Å². The minimum Gasteiger partial charge on any atom is -0.443 e. The molecule has 0 aliphatic carbocycles. The van der Waals surface area contributed by atoms with Crippen molar-refractivity contribution in [2.24, 2.45) is 0 Å². The normalized spacial score (nSPS) is 11.5. The molecule has 0 spiro atoms. The van der Waals surface area contributed by atoms with E-state index >= 15 is 0 Å². The Morgan fingerprint density at radius 1 is 1.17 bits per heavy atom. The number of amides is 1. The summed E-state index contributed by atoms with van der Waals surface area (Å²) in [7, 11) is 1.66. The molecule has 0 unspecified atom stereocenters. The van der Waals surface area contributed by atoms with Crippen molar-refractivity contribution < 1.29 is 13.9 Å². The lowest BCUT2D eigenvalue weighted by molar-refractivity contribution is 0.0589. The van der Waals surface area contributed by atoms with Crippen molar-refractivity contribution in [3.05, 3.63) is 59.7 Å². The third-order valence-electron chi connectivity index (χ3n) is 3.19. The number of pyridine rings is 1. The lowest BCUT2D eigenvalue weighted by Gasteiger charge is -2.24. The van der Waals surface area contributed by atoms with Crippen LogP contribution in [0.15, 0.2) is 42.6 Å². The Kier molecular flexibility index (Phi) is 5.34. The first-order valence-corrected chi connectivity index (χ1v) is 7.61. The van der Waals surface area contributed by atoms with Gasteiger partial charge in [0.05, 0.1) is 0 Å². The number of benzene rings is 1. The van der Waals surface area contributed by atoms with E-state index in [1.165, 1.54) is 11.1 Å². The molecule has 1 aromatic heterocycles. The molecule has 1 heterocycles. The van der Waals surface area contributed by atoms with Crippen molar-refractivity contribution >= 4 is 23.9 Å². The average molecular weight is 328 g/mol. The lowest BCUT2D eigenvalue weighted by atomic mass is 10.1. The highest BCUT2D eigenvalue weighted by Gasteiger charge is 2.20. The van der Waals surface area contributed by atoms with Crippen LogP contribution in [0.2, 0.25) is 0 Å². The summed E-state index contributed by atoms with van der Waals surface area (Å²) < 4.78 is 18.8. The molecule has 0 fully saturated rings. The second-order valence-corrected chi connectivity index (χ2v) is 6.35. The number of nitrogens with zero attached hydrogens (tertiary/aromatic N) is 2. The molecule has 24 heavy (non-hydrogen) atoms. The van der Waals surface area contributed by atoms with Crippen LogP contribution in [0.3, 0.4) is 0 Å². The van der Waals surface area contributed by atoms with E-state index in [2.05, 4.69) is 4.98 Å². The maximum atomic E-state index is 13.5. The minimum absolute atomic E-state index is 0.414. The third kappa shape index (κ3) is 4.91. The molecule has 0 aliphatic heterocycles. The van der Waals surface area contributed by atoms with Crippen LogP contribution in [0.25, 0.3) is 12.2 Å². The Morgan fingerprint density at radius 3 is 2.42 bits per heavy atom. The summed E-state index contributed by atoms with van der Waals surface area (Å²) in [4.78, 5) is 17.1. The number of anilines is 1. The van der Waals surface area contributed by atoms with Crippen LogP contribution in [-0.2, 0) is 4.74 Å². The van der Waals surface area contributed by atoms with E-state index in [1.807, 2.05) is 45.0 Å². The first kappa shape index (κ1) is 17.7. The first-order chi connectivity index (χ1) is 11.3. The molecule has 0 N–H and O–H groups in total. The van der Waals surface area contributed by atoms with Crippen molar-refractivity contribution in [1.29, 1.82) is 0 Å². The third-order valence-corrected chi connectivity index (χ3v) is 3.19. The molecule has 1 amide bonds. The number of aromatic nitrogens is 1. The Labute approximate surface area is 141 Å². The van der Waals surface area contributed by atoms with Gasteiger partial charge in [0.25, 0.3) is 0 Å². The van der Waals surface area contributed by atoms with E-state index in [1.54, 1.807) is 31.3 Å². The van der Waals surface area contributed by atoms with Gasteiger partial charge in [-0.2, -0.15) is 4.39 Å². The molecule has 0 saturated carbocycles. The highest BCUT2D eigenvalue weighted by molar-refractivity contribution is 5.87. The zero-order chi connectivity index (χ0) is 17.7. The van der Waals surface area contributed by atoms with Gasteiger partial charge in [-0.3, -0.25) is 4.90 Å². The molecule has 1 aromatic carbocycles. The highest BCUT2D eigenvalue weighted by atomic mass is 19.1. The summed E-state index contributed by atoms with van der Waals surface area (Å²) in [6.07, 6.45) is 4.45. The maximum absolute atomic E-state index is 13.5. The second kappa shape index (κ2) is 7.25. The summed E-state index contributed by atoms with van der Waals surface area (Å²) in [5.74, 6) is -0.505. The largest absolute Gasteiger partial charge is 0.443 e. The molecule has 2 aromatic rings. The van der Waals surface area contributed by atoms with E-state index in [-0.39, 0.29) is 0 Å². The van der Waals surface area contributed by atoms with E-state index in [0.717, 1.165) is 5.56 Å². The van der Waals surface area contributed by atoms with Gasteiger partial charge in [0.1, 0.15) is 5.60 Å². The summed E-state index contributed by atoms with van der Waals surface area (Å²) in [6, 6.07) is 10.7. The number of hydrogen-bond acceptors (Lipinski definition) is 3. The summed E-state index contributed by atoms with van der Waals surface area (Å²) in [5, 5.41) is 0. The van der Waals surface area contributed by atoms with Gasteiger partial charge < -0.3 is 4.74 Å². The summed E-state index contributed by atoms with van der Waals surface area (Å²) >= 11 is 0. The van der Waals surface area contributed by atoms with Gasteiger partial charge in [-0.05, 0) is 56.7 Å². The Morgan fingerprint density at radius 2 is 1.83 bits per heavy atom. The number of carbonyl (C=O) groups excluding carboxylic acids is 1. The Bertz CT molecular complexity index is 734. The van der Waals surface area contributed by atoms with Gasteiger partial charge in [0.15, 0.2) is 0 Å². The zero-order valence-electron chi connectivity index (χ0n) is 14.3. The van der Waals surface area contributed by atoms with Gasteiger partial charge in [0, 0.05) is 24.5 Å². The van der Waals surface area contributed by atoms with Crippen molar-refractivity contribution in [3.8, 4) is 0 Å². The van der Waals surface area contributed by atoms with Crippen molar-refractivity contribution in [2.75, 3.05) is 11.9 Å². The molecular weight excluding hydrogens is 307 g/mol. The molecule has 5 heteroatoms. The predicted octanol–water partition coefficient (Wildman–Crippen LogP) is 4.76.